The maximum absolute atomic E-state index is 10.7. The summed E-state index contributed by atoms with van der Waals surface area (Å²) in [5, 5.41) is 14.4. The van der Waals surface area contributed by atoms with Crippen molar-refractivity contribution in [3.05, 3.63) is 38.9 Å². The fraction of sp³-hybridized carbons (Fsp3) is 0.538. The lowest BCUT2D eigenvalue weighted by molar-refractivity contribution is -0.384. The third-order valence-corrected chi connectivity index (χ3v) is 3.36. The molecule has 1 aliphatic heterocycles. The van der Waals surface area contributed by atoms with Gasteiger partial charge in [0.05, 0.1) is 17.6 Å². The maximum Gasteiger partial charge on any atom is 0.269 e. The SMILES string of the molecule is CC1(C)OCC(CNCc2cc([N+](=O)[O-])ccc2Cl)O1. The Morgan fingerprint density at radius 2 is 2.30 bits per heavy atom. The van der Waals surface area contributed by atoms with E-state index in [0.717, 1.165) is 0 Å². The van der Waals surface area contributed by atoms with Gasteiger partial charge in [0.2, 0.25) is 0 Å². The quantitative estimate of drug-likeness (QED) is 0.668. The molecule has 0 bridgehead atoms. The minimum atomic E-state index is -0.546. The molecule has 0 aliphatic carbocycles. The second-order valence-electron chi connectivity index (χ2n) is 5.11. The fourth-order valence-corrected chi connectivity index (χ4v) is 2.23. The second kappa shape index (κ2) is 6.05. The molecule has 0 spiro atoms. The van der Waals surface area contributed by atoms with E-state index in [1.165, 1.54) is 18.2 Å². The van der Waals surface area contributed by atoms with E-state index in [1.807, 2.05) is 13.8 Å². The van der Waals surface area contributed by atoms with E-state index < -0.39 is 10.7 Å². The molecule has 1 fully saturated rings. The molecule has 1 N–H and O–H groups in total. The van der Waals surface area contributed by atoms with Gasteiger partial charge in [0, 0.05) is 30.2 Å². The van der Waals surface area contributed by atoms with Crippen molar-refractivity contribution in [3.63, 3.8) is 0 Å². The molecule has 1 aromatic rings. The van der Waals surface area contributed by atoms with Gasteiger partial charge < -0.3 is 14.8 Å². The Balaban J connectivity index is 1.88. The van der Waals surface area contributed by atoms with Crippen molar-refractivity contribution in [2.24, 2.45) is 0 Å². The van der Waals surface area contributed by atoms with E-state index in [9.17, 15) is 10.1 Å². The van der Waals surface area contributed by atoms with E-state index >= 15 is 0 Å². The molecular weight excluding hydrogens is 284 g/mol. The number of ether oxygens (including phenoxy) is 2. The number of hydrogen-bond donors (Lipinski definition) is 1. The number of halogens is 1. The number of non-ortho nitro benzene ring substituents is 1. The van der Waals surface area contributed by atoms with Crippen LogP contribution in [0.25, 0.3) is 0 Å². The standard InChI is InChI=1S/C13H17ClN2O4/c1-13(2)19-8-11(20-13)7-15-6-9-5-10(16(17)18)3-4-12(9)14/h3-5,11,15H,6-8H2,1-2H3. The highest BCUT2D eigenvalue weighted by atomic mass is 35.5. The smallest absolute Gasteiger partial charge is 0.269 e. The molecule has 20 heavy (non-hydrogen) atoms. The van der Waals surface area contributed by atoms with Crippen LogP contribution in [0, 0.1) is 10.1 Å². The van der Waals surface area contributed by atoms with Crippen molar-refractivity contribution in [3.8, 4) is 0 Å². The minimum Gasteiger partial charge on any atom is -0.348 e. The van der Waals surface area contributed by atoms with Gasteiger partial charge in [0.1, 0.15) is 0 Å². The van der Waals surface area contributed by atoms with Crippen molar-refractivity contribution < 1.29 is 14.4 Å². The number of rotatable bonds is 5. The van der Waals surface area contributed by atoms with Crippen LogP contribution < -0.4 is 5.32 Å². The average molecular weight is 301 g/mol. The lowest BCUT2D eigenvalue weighted by Gasteiger charge is -2.17. The molecule has 110 valence electrons. The topological polar surface area (TPSA) is 73.6 Å². The summed E-state index contributed by atoms with van der Waals surface area (Å²) in [4.78, 5) is 10.3. The minimum absolute atomic E-state index is 0.0255. The fourth-order valence-electron chi connectivity index (χ4n) is 2.04. The van der Waals surface area contributed by atoms with Crippen LogP contribution >= 0.6 is 11.6 Å². The van der Waals surface area contributed by atoms with Crippen molar-refractivity contribution in [2.75, 3.05) is 13.2 Å². The first-order valence-corrected chi connectivity index (χ1v) is 6.70. The number of hydrogen-bond acceptors (Lipinski definition) is 5. The van der Waals surface area contributed by atoms with E-state index in [1.54, 1.807) is 0 Å². The van der Waals surface area contributed by atoms with Crippen molar-refractivity contribution >= 4 is 17.3 Å². The van der Waals surface area contributed by atoms with Crippen LogP contribution in [-0.2, 0) is 16.0 Å². The summed E-state index contributed by atoms with van der Waals surface area (Å²) in [6.07, 6.45) is -0.0255. The van der Waals surface area contributed by atoms with Gasteiger partial charge in [-0.15, -0.1) is 0 Å². The van der Waals surface area contributed by atoms with Crippen molar-refractivity contribution in [2.45, 2.75) is 32.3 Å². The summed E-state index contributed by atoms with van der Waals surface area (Å²) in [6.45, 7) is 5.31. The van der Waals surface area contributed by atoms with E-state index in [0.29, 0.717) is 30.3 Å². The zero-order valence-electron chi connectivity index (χ0n) is 11.4. The Hall–Kier alpha value is -1.21. The summed E-state index contributed by atoms with van der Waals surface area (Å²) in [5.74, 6) is -0.546. The molecule has 1 aromatic carbocycles. The van der Waals surface area contributed by atoms with Crippen LogP contribution in [0.2, 0.25) is 5.02 Å². The van der Waals surface area contributed by atoms with Crippen molar-refractivity contribution in [1.82, 2.24) is 5.32 Å². The summed E-state index contributed by atoms with van der Waals surface area (Å²) < 4.78 is 11.1. The lowest BCUT2D eigenvalue weighted by Crippen LogP contribution is -2.30. The Morgan fingerprint density at radius 1 is 1.55 bits per heavy atom. The van der Waals surface area contributed by atoms with Crippen LogP contribution in [0.3, 0.4) is 0 Å². The first-order valence-electron chi connectivity index (χ1n) is 6.33. The third-order valence-electron chi connectivity index (χ3n) is 2.99. The van der Waals surface area contributed by atoms with Gasteiger partial charge in [-0.25, -0.2) is 0 Å². The van der Waals surface area contributed by atoms with Gasteiger partial charge in [0.25, 0.3) is 5.69 Å². The molecule has 0 saturated carbocycles. The lowest BCUT2D eigenvalue weighted by atomic mass is 10.2. The molecule has 7 heteroatoms. The number of nitro groups is 1. The summed E-state index contributed by atoms with van der Waals surface area (Å²) in [6, 6.07) is 4.41. The largest absolute Gasteiger partial charge is 0.348 e. The first kappa shape index (κ1) is 15.2. The second-order valence-corrected chi connectivity index (χ2v) is 5.52. The summed E-state index contributed by atoms with van der Waals surface area (Å²) in [7, 11) is 0. The predicted octanol–water partition coefficient (Wildman–Crippen LogP) is 2.49. The highest BCUT2D eigenvalue weighted by Crippen LogP contribution is 2.23. The predicted molar refractivity (Wildman–Crippen MR) is 74.7 cm³/mol. The molecule has 6 nitrogen and oxygen atoms in total. The molecule has 1 unspecified atom stereocenters. The monoisotopic (exact) mass is 300 g/mol. The van der Waals surface area contributed by atoms with Crippen LogP contribution in [0.1, 0.15) is 19.4 Å². The molecule has 1 atom stereocenters. The van der Waals surface area contributed by atoms with Crippen LogP contribution in [0.5, 0.6) is 0 Å². The molecule has 1 aliphatic rings. The molecule has 1 saturated heterocycles. The van der Waals surface area contributed by atoms with Crippen LogP contribution in [0.4, 0.5) is 5.69 Å². The molecule has 2 rings (SSSR count). The molecule has 0 radical (unpaired) electrons. The van der Waals surface area contributed by atoms with E-state index in [-0.39, 0.29) is 11.8 Å². The van der Waals surface area contributed by atoms with E-state index in [4.69, 9.17) is 21.1 Å². The maximum atomic E-state index is 10.7. The van der Waals surface area contributed by atoms with Crippen LogP contribution in [-0.4, -0.2) is 30.0 Å². The normalized spacial score (nSPS) is 21.1. The van der Waals surface area contributed by atoms with Gasteiger partial charge in [-0.3, -0.25) is 10.1 Å². The Bertz CT molecular complexity index is 507. The van der Waals surface area contributed by atoms with Gasteiger partial charge in [-0.2, -0.15) is 0 Å². The number of nitrogens with one attached hydrogen (secondary N) is 1. The number of nitro benzene ring substituents is 1. The van der Waals surface area contributed by atoms with Gasteiger partial charge in [-0.05, 0) is 25.5 Å². The van der Waals surface area contributed by atoms with Gasteiger partial charge >= 0.3 is 0 Å². The van der Waals surface area contributed by atoms with Gasteiger partial charge in [-0.1, -0.05) is 11.6 Å². The summed E-state index contributed by atoms with van der Waals surface area (Å²) in [5.41, 5.74) is 0.729. The zero-order chi connectivity index (χ0) is 14.8. The number of nitrogens with zero attached hydrogens (tertiary/aromatic N) is 1. The van der Waals surface area contributed by atoms with E-state index in [2.05, 4.69) is 5.32 Å². The molecule has 0 amide bonds. The first-order chi connectivity index (χ1) is 9.37. The third kappa shape index (κ3) is 3.89. The number of benzene rings is 1. The molecular formula is C13H17ClN2O4. The van der Waals surface area contributed by atoms with Crippen LogP contribution in [0.15, 0.2) is 18.2 Å². The molecule has 0 aromatic heterocycles. The highest BCUT2D eigenvalue weighted by Gasteiger charge is 2.32. The van der Waals surface area contributed by atoms with Gasteiger partial charge in [0.15, 0.2) is 5.79 Å². The Kier molecular flexibility index (Phi) is 4.59. The Labute approximate surface area is 122 Å². The summed E-state index contributed by atoms with van der Waals surface area (Å²) >= 11 is 6.02. The highest BCUT2D eigenvalue weighted by molar-refractivity contribution is 6.31. The average Bonchev–Trinajstić information content (AvgIpc) is 2.71. The molecule has 1 heterocycles. The zero-order valence-corrected chi connectivity index (χ0v) is 12.1. The van der Waals surface area contributed by atoms with Crippen molar-refractivity contribution in [1.29, 1.82) is 0 Å². The Morgan fingerprint density at radius 3 is 2.90 bits per heavy atom.